The van der Waals surface area contributed by atoms with Crippen molar-refractivity contribution in [3.05, 3.63) is 47.9 Å². The molecule has 0 aliphatic carbocycles. The number of amides is 1. The quantitative estimate of drug-likeness (QED) is 0.876. The van der Waals surface area contributed by atoms with E-state index in [2.05, 4.69) is 15.3 Å². The lowest BCUT2D eigenvalue weighted by Gasteiger charge is -2.11. The second-order valence-corrected chi connectivity index (χ2v) is 4.47. The molecule has 0 saturated heterocycles. The second-order valence-electron chi connectivity index (χ2n) is 4.47. The van der Waals surface area contributed by atoms with Gasteiger partial charge in [-0.05, 0) is 11.6 Å². The molecular formula is C14H11N3O4. The number of para-hydroxylation sites is 1. The van der Waals surface area contributed by atoms with Crippen molar-refractivity contribution < 1.29 is 19.4 Å². The lowest BCUT2D eigenvalue weighted by Crippen LogP contribution is -2.32. The summed E-state index contributed by atoms with van der Waals surface area (Å²) in [5, 5.41) is 11.5. The molecule has 3 rings (SSSR count). The van der Waals surface area contributed by atoms with E-state index in [1.165, 1.54) is 12.4 Å². The largest absolute Gasteiger partial charge is 0.480 e. The fourth-order valence-corrected chi connectivity index (χ4v) is 2.11. The number of fused-ring (bicyclic) bond motifs is 1. The number of nitrogens with one attached hydrogen (secondary N) is 1. The number of carboxylic acids is 1. The maximum absolute atomic E-state index is 12.2. The van der Waals surface area contributed by atoms with Crippen LogP contribution in [0, 0.1) is 0 Å². The van der Waals surface area contributed by atoms with Gasteiger partial charge in [0.15, 0.2) is 17.6 Å². The summed E-state index contributed by atoms with van der Waals surface area (Å²) < 4.78 is 5.53. The van der Waals surface area contributed by atoms with Crippen molar-refractivity contribution in [1.29, 1.82) is 0 Å². The number of carboxylic acid groups (broad SMARTS) is 1. The average molecular weight is 285 g/mol. The number of anilines is 1. The summed E-state index contributed by atoms with van der Waals surface area (Å²) in [6.07, 6.45) is 2.30. The van der Waals surface area contributed by atoms with Gasteiger partial charge in [-0.2, -0.15) is 0 Å². The molecule has 0 saturated carbocycles. The van der Waals surface area contributed by atoms with Crippen LogP contribution in [0.25, 0.3) is 0 Å². The van der Waals surface area contributed by atoms with Gasteiger partial charge in [0, 0.05) is 18.8 Å². The summed E-state index contributed by atoms with van der Waals surface area (Å²) in [6, 6.07) is 7.36. The number of aromatic carboxylic acids is 1. The number of ether oxygens (including phenoxy) is 1. The van der Waals surface area contributed by atoms with E-state index >= 15 is 0 Å². The third-order valence-electron chi connectivity index (χ3n) is 3.08. The highest BCUT2D eigenvalue weighted by atomic mass is 16.5. The first-order valence-corrected chi connectivity index (χ1v) is 6.25. The molecule has 1 aliphatic heterocycles. The molecule has 1 aromatic carbocycles. The summed E-state index contributed by atoms with van der Waals surface area (Å²) in [7, 11) is 0. The lowest BCUT2D eigenvalue weighted by atomic mass is 10.1. The van der Waals surface area contributed by atoms with Crippen LogP contribution >= 0.6 is 0 Å². The normalized spacial score (nSPS) is 15.9. The second kappa shape index (κ2) is 5.20. The first kappa shape index (κ1) is 13.0. The predicted molar refractivity (Wildman–Crippen MR) is 72.2 cm³/mol. The standard InChI is InChI=1S/C14H11N3O4/c18-13(10-7-8-3-1-2-4-9(8)21-10)17-12-11(14(19)20)15-5-6-16-12/h1-6,10H,7H2,(H,19,20)(H,16,17,18). The minimum absolute atomic E-state index is 0.0884. The molecular weight excluding hydrogens is 274 g/mol. The fraction of sp³-hybridized carbons (Fsp3) is 0.143. The first-order chi connectivity index (χ1) is 10.1. The first-order valence-electron chi connectivity index (χ1n) is 6.25. The van der Waals surface area contributed by atoms with E-state index in [9.17, 15) is 9.59 Å². The Hall–Kier alpha value is -2.96. The van der Waals surface area contributed by atoms with Crippen molar-refractivity contribution in [2.45, 2.75) is 12.5 Å². The molecule has 1 aromatic heterocycles. The fourth-order valence-electron chi connectivity index (χ4n) is 2.11. The third-order valence-corrected chi connectivity index (χ3v) is 3.08. The summed E-state index contributed by atoms with van der Waals surface area (Å²) >= 11 is 0. The number of nitrogens with zero attached hydrogens (tertiary/aromatic N) is 2. The number of rotatable bonds is 3. The Balaban J connectivity index is 1.76. The van der Waals surface area contributed by atoms with Gasteiger partial charge in [-0.1, -0.05) is 18.2 Å². The summed E-state index contributed by atoms with van der Waals surface area (Å²) in [5.74, 6) is -1.13. The van der Waals surface area contributed by atoms with Gasteiger partial charge in [-0.15, -0.1) is 0 Å². The zero-order valence-electron chi connectivity index (χ0n) is 10.8. The molecule has 2 aromatic rings. The molecule has 0 bridgehead atoms. The Labute approximate surface area is 119 Å². The average Bonchev–Trinajstić information content (AvgIpc) is 2.91. The van der Waals surface area contributed by atoms with Crippen LogP contribution in [-0.4, -0.2) is 33.1 Å². The van der Waals surface area contributed by atoms with Crippen molar-refractivity contribution in [2.75, 3.05) is 5.32 Å². The minimum atomic E-state index is -1.26. The summed E-state index contributed by atoms with van der Waals surface area (Å²) in [6.45, 7) is 0. The van der Waals surface area contributed by atoms with Gasteiger partial charge < -0.3 is 15.2 Å². The van der Waals surface area contributed by atoms with Crippen LogP contribution in [0.15, 0.2) is 36.7 Å². The van der Waals surface area contributed by atoms with Crippen LogP contribution < -0.4 is 10.1 Å². The molecule has 1 unspecified atom stereocenters. The van der Waals surface area contributed by atoms with E-state index in [4.69, 9.17) is 9.84 Å². The number of carbonyl (C=O) groups is 2. The van der Waals surface area contributed by atoms with Crippen molar-refractivity contribution in [1.82, 2.24) is 9.97 Å². The highest BCUT2D eigenvalue weighted by Crippen LogP contribution is 2.28. The summed E-state index contributed by atoms with van der Waals surface area (Å²) in [5.41, 5.74) is 0.636. The van der Waals surface area contributed by atoms with Crippen LogP contribution in [0.3, 0.4) is 0 Å². The highest BCUT2D eigenvalue weighted by Gasteiger charge is 2.30. The van der Waals surface area contributed by atoms with Crippen LogP contribution in [-0.2, 0) is 11.2 Å². The van der Waals surface area contributed by atoms with E-state index in [0.717, 1.165) is 5.56 Å². The third kappa shape index (κ3) is 2.53. The van der Waals surface area contributed by atoms with Gasteiger partial charge >= 0.3 is 5.97 Å². The number of benzene rings is 1. The molecule has 0 spiro atoms. The molecule has 0 fully saturated rings. The Kier molecular flexibility index (Phi) is 3.23. The smallest absolute Gasteiger partial charge is 0.358 e. The number of hydrogen-bond acceptors (Lipinski definition) is 5. The van der Waals surface area contributed by atoms with Gasteiger partial charge in [0.25, 0.3) is 5.91 Å². The number of carbonyl (C=O) groups excluding carboxylic acids is 1. The predicted octanol–water partition coefficient (Wildman–Crippen LogP) is 1.12. The molecule has 1 aliphatic rings. The Morgan fingerprint density at radius 2 is 2.00 bits per heavy atom. The van der Waals surface area contributed by atoms with Gasteiger partial charge in [0.1, 0.15) is 5.75 Å². The molecule has 2 heterocycles. The van der Waals surface area contributed by atoms with Crippen LogP contribution in [0.2, 0.25) is 0 Å². The number of aromatic nitrogens is 2. The monoisotopic (exact) mass is 285 g/mol. The molecule has 106 valence electrons. The highest BCUT2D eigenvalue weighted by molar-refractivity contribution is 5.99. The van der Waals surface area contributed by atoms with E-state index in [1.807, 2.05) is 18.2 Å². The molecule has 7 nitrogen and oxygen atoms in total. The van der Waals surface area contributed by atoms with Gasteiger partial charge in [0.05, 0.1) is 0 Å². The molecule has 7 heteroatoms. The van der Waals surface area contributed by atoms with Crippen molar-refractivity contribution in [2.24, 2.45) is 0 Å². The Morgan fingerprint density at radius 3 is 2.76 bits per heavy atom. The lowest BCUT2D eigenvalue weighted by molar-refractivity contribution is -0.122. The van der Waals surface area contributed by atoms with Gasteiger partial charge in [-0.3, -0.25) is 4.79 Å². The van der Waals surface area contributed by atoms with Crippen molar-refractivity contribution in [3.8, 4) is 5.75 Å². The van der Waals surface area contributed by atoms with E-state index in [1.54, 1.807) is 6.07 Å². The van der Waals surface area contributed by atoms with E-state index in [0.29, 0.717) is 12.2 Å². The van der Waals surface area contributed by atoms with E-state index < -0.39 is 18.0 Å². The van der Waals surface area contributed by atoms with Gasteiger partial charge in [0.2, 0.25) is 0 Å². The number of hydrogen-bond donors (Lipinski definition) is 2. The molecule has 1 amide bonds. The zero-order valence-corrected chi connectivity index (χ0v) is 10.8. The van der Waals surface area contributed by atoms with Gasteiger partial charge in [-0.25, -0.2) is 14.8 Å². The molecule has 0 radical (unpaired) electrons. The van der Waals surface area contributed by atoms with E-state index in [-0.39, 0.29) is 11.5 Å². The van der Waals surface area contributed by atoms with Crippen LogP contribution in [0.4, 0.5) is 5.82 Å². The maximum atomic E-state index is 12.2. The van der Waals surface area contributed by atoms with Crippen molar-refractivity contribution >= 4 is 17.7 Å². The van der Waals surface area contributed by atoms with Crippen LogP contribution in [0.5, 0.6) is 5.75 Å². The minimum Gasteiger partial charge on any atom is -0.480 e. The molecule has 2 N–H and O–H groups in total. The maximum Gasteiger partial charge on any atom is 0.358 e. The Morgan fingerprint density at radius 1 is 1.24 bits per heavy atom. The Bertz CT molecular complexity index is 692. The topological polar surface area (TPSA) is 101 Å². The van der Waals surface area contributed by atoms with Crippen molar-refractivity contribution in [3.63, 3.8) is 0 Å². The van der Waals surface area contributed by atoms with Crippen LogP contribution in [0.1, 0.15) is 16.1 Å². The summed E-state index contributed by atoms with van der Waals surface area (Å²) in [4.78, 5) is 30.7. The molecule has 1 atom stereocenters. The molecule has 21 heavy (non-hydrogen) atoms. The SMILES string of the molecule is O=C(O)c1nccnc1NC(=O)C1Cc2ccccc2O1. The zero-order chi connectivity index (χ0) is 14.8.